The molecule has 0 radical (unpaired) electrons. The Labute approximate surface area is 130 Å². The summed E-state index contributed by atoms with van der Waals surface area (Å²) < 4.78 is 5.12. The average molecular weight is 308 g/mol. The summed E-state index contributed by atoms with van der Waals surface area (Å²) in [5.41, 5.74) is 0.191. The quantitative estimate of drug-likeness (QED) is 0.763. The number of aliphatic hydroxyl groups excluding tert-OH is 1. The zero-order valence-electron chi connectivity index (χ0n) is 13.4. The maximum atomic E-state index is 11.9. The Balaban J connectivity index is 2.75. The Kier molecular flexibility index (Phi) is 6.37. The topological polar surface area (TPSA) is 87.7 Å². The third-order valence-electron chi connectivity index (χ3n) is 2.87. The molecule has 1 aromatic rings. The van der Waals surface area contributed by atoms with E-state index in [1.165, 1.54) is 7.05 Å². The molecule has 0 aliphatic heterocycles. The van der Waals surface area contributed by atoms with E-state index in [2.05, 4.69) is 10.6 Å². The van der Waals surface area contributed by atoms with Crippen molar-refractivity contribution in [2.24, 2.45) is 0 Å². The Morgan fingerprint density at radius 3 is 2.32 bits per heavy atom. The van der Waals surface area contributed by atoms with Crippen LogP contribution in [0.5, 0.6) is 0 Å². The van der Waals surface area contributed by atoms with Crippen LogP contribution in [0.2, 0.25) is 0 Å². The van der Waals surface area contributed by atoms with Gasteiger partial charge in [0, 0.05) is 13.5 Å². The smallest absolute Gasteiger partial charge is 0.408 e. The molecule has 0 aliphatic carbocycles. The molecule has 0 aromatic heterocycles. The number of carbonyl (C=O) groups excluding carboxylic acids is 2. The van der Waals surface area contributed by atoms with E-state index < -0.39 is 29.7 Å². The molecule has 6 nitrogen and oxygen atoms in total. The predicted octanol–water partition coefficient (Wildman–Crippen LogP) is 1.23. The minimum atomic E-state index is -1.08. The molecule has 0 heterocycles. The summed E-state index contributed by atoms with van der Waals surface area (Å²) in [6.45, 7) is 5.17. The van der Waals surface area contributed by atoms with Gasteiger partial charge >= 0.3 is 6.09 Å². The Morgan fingerprint density at radius 1 is 1.23 bits per heavy atom. The zero-order chi connectivity index (χ0) is 16.8. The number of aliphatic hydroxyl groups is 1. The van der Waals surface area contributed by atoms with E-state index >= 15 is 0 Å². The number of ether oxygens (including phenoxy) is 1. The molecule has 2 amide bonds. The first-order chi connectivity index (χ1) is 10.2. The van der Waals surface area contributed by atoms with Gasteiger partial charge in [-0.2, -0.15) is 0 Å². The summed E-state index contributed by atoms with van der Waals surface area (Å²) in [4.78, 5) is 23.7. The van der Waals surface area contributed by atoms with Gasteiger partial charge in [0.1, 0.15) is 11.6 Å². The standard InChI is InChI=1S/C16H24N2O4/c1-16(2,3)22-15(21)18-13(14(20)17-4)12(19)10-11-8-6-5-7-9-11/h5-9,12-13,19H,10H2,1-4H3,(H,17,20)(H,18,21)/t12-,13+/m1/s1. The van der Waals surface area contributed by atoms with Crippen molar-refractivity contribution in [3.63, 3.8) is 0 Å². The maximum Gasteiger partial charge on any atom is 0.408 e. The lowest BCUT2D eigenvalue weighted by Gasteiger charge is -2.25. The van der Waals surface area contributed by atoms with Crippen LogP contribution in [-0.4, -0.2) is 41.9 Å². The van der Waals surface area contributed by atoms with Gasteiger partial charge in [-0.05, 0) is 26.3 Å². The molecule has 122 valence electrons. The van der Waals surface area contributed by atoms with E-state index in [0.29, 0.717) is 0 Å². The second kappa shape index (κ2) is 7.79. The average Bonchev–Trinajstić information content (AvgIpc) is 2.43. The molecular formula is C16H24N2O4. The van der Waals surface area contributed by atoms with Crippen LogP contribution in [0.4, 0.5) is 4.79 Å². The molecule has 22 heavy (non-hydrogen) atoms. The number of benzene rings is 1. The van der Waals surface area contributed by atoms with Gasteiger partial charge < -0.3 is 20.5 Å². The number of hydrogen-bond donors (Lipinski definition) is 3. The lowest BCUT2D eigenvalue weighted by atomic mass is 10.0. The Bertz CT molecular complexity index is 497. The summed E-state index contributed by atoms with van der Waals surface area (Å²) in [6.07, 6.45) is -1.56. The SMILES string of the molecule is CNC(=O)[C@@H](NC(=O)OC(C)(C)C)[C@H](O)Cc1ccccc1. The van der Waals surface area contributed by atoms with Gasteiger partial charge in [0.15, 0.2) is 0 Å². The molecule has 0 fully saturated rings. The normalized spacial score (nSPS) is 13.9. The van der Waals surface area contributed by atoms with Crippen molar-refractivity contribution < 1.29 is 19.4 Å². The van der Waals surface area contributed by atoms with Crippen molar-refractivity contribution in [1.29, 1.82) is 0 Å². The fraction of sp³-hybridized carbons (Fsp3) is 0.500. The number of likely N-dealkylation sites (N-methyl/N-ethyl adjacent to an activating group) is 1. The lowest BCUT2D eigenvalue weighted by Crippen LogP contribution is -2.54. The zero-order valence-corrected chi connectivity index (χ0v) is 13.4. The van der Waals surface area contributed by atoms with Gasteiger partial charge in [-0.3, -0.25) is 4.79 Å². The van der Waals surface area contributed by atoms with E-state index in [4.69, 9.17) is 4.74 Å². The van der Waals surface area contributed by atoms with Crippen molar-refractivity contribution in [1.82, 2.24) is 10.6 Å². The van der Waals surface area contributed by atoms with Crippen LogP contribution in [0, 0.1) is 0 Å². The first-order valence-corrected chi connectivity index (χ1v) is 7.16. The highest BCUT2D eigenvalue weighted by Crippen LogP contribution is 2.09. The first kappa shape index (κ1) is 18.0. The molecule has 0 spiro atoms. The van der Waals surface area contributed by atoms with Crippen molar-refractivity contribution in [2.75, 3.05) is 7.05 Å². The predicted molar refractivity (Wildman–Crippen MR) is 83.4 cm³/mol. The van der Waals surface area contributed by atoms with Crippen LogP contribution >= 0.6 is 0 Å². The van der Waals surface area contributed by atoms with E-state index in [1.54, 1.807) is 20.8 Å². The van der Waals surface area contributed by atoms with Crippen molar-refractivity contribution in [2.45, 2.75) is 44.9 Å². The fourth-order valence-corrected chi connectivity index (χ4v) is 1.90. The number of hydrogen-bond acceptors (Lipinski definition) is 4. The third-order valence-corrected chi connectivity index (χ3v) is 2.87. The maximum absolute atomic E-state index is 11.9. The fourth-order valence-electron chi connectivity index (χ4n) is 1.90. The van der Waals surface area contributed by atoms with Crippen molar-refractivity contribution in [3.8, 4) is 0 Å². The molecule has 0 saturated carbocycles. The third kappa shape index (κ3) is 6.13. The van der Waals surface area contributed by atoms with E-state index in [-0.39, 0.29) is 6.42 Å². The van der Waals surface area contributed by atoms with Gasteiger partial charge in [0.25, 0.3) is 0 Å². The van der Waals surface area contributed by atoms with Crippen LogP contribution < -0.4 is 10.6 Å². The molecule has 0 unspecified atom stereocenters. The molecule has 0 aliphatic rings. The number of nitrogens with one attached hydrogen (secondary N) is 2. The van der Waals surface area contributed by atoms with Crippen molar-refractivity contribution >= 4 is 12.0 Å². The van der Waals surface area contributed by atoms with Crippen LogP contribution in [-0.2, 0) is 16.0 Å². The van der Waals surface area contributed by atoms with Crippen LogP contribution in [0.1, 0.15) is 26.3 Å². The van der Waals surface area contributed by atoms with Gasteiger partial charge in [-0.15, -0.1) is 0 Å². The first-order valence-electron chi connectivity index (χ1n) is 7.16. The van der Waals surface area contributed by atoms with E-state index in [9.17, 15) is 14.7 Å². The molecule has 0 saturated heterocycles. The lowest BCUT2D eigenvalue weighted by molar-refractivity contribution is -0.125. The minimum Gasteiger partial charge on any atom is -0.444 e. The molecule has 0 bridgehead atoms. The van der Waals surface area contributed by atoms with Crippen LogP contribution in [0.25, 0.3) is 0 Å². The van der Waals surface area contributed by atoms with E-state index in [0.717, 1.165) is 5.56 Å². The summed E-state index contributed by atoms with van der Waals surface area (Å²) in [5.74, 6) is -0.478. The van der Waals surface area contributed by atoms with Gasteiger partial charge in [-0.25, -0.2) is 4.79 Å². The number of alkyl carbamates (subject to hydrolysis) is 1. The van der Waals surface area contributed by atoms with Gasteiger partial charge in [0.05, 0.1) is 6.10 Å². The molecule has 2 atom stereocenters. The van der Waals surface area contributed by atoms with Crippen LogP contribution in [0.15, 0.2) is 30.3 Å². The monoisotopic (exact) mass is 308 g/mol. The second-order valence-electron chi connectivity index (χ2n) is 6.00. The summed E-state index contributed by atoms with van der Waals surface area (Å²) >= 11 is 0. The summed E-state index contributed by atoms with van der Waals surface area (Å²) in [7, 11) is 1.45. The highest BCUT2D eigenvalue weighted by molar-refractivity contribution is 5.86. The minimum absolute atomic E-state index is 0.245. The Morgan fingerprint density at radius 2 is 1.82 bits per heavy atom. The number of rotatable bonds is 5. The molecule has 6 heteroatoms. The van der Waals surface area contributed by atoms with Gasteiger partial charge in [0.2, 0.25) is 5.91 Å². The molecular weight excluding hydrogens is 284 g/mol. The van der Waals surface area contributed by atoms with Crippen LogP contribution in [0.3, 0.4) is 0 Å². The number of carbonyl (C=O) groups is 2. The highest BCUT2D eigenvalue weighted by Gasteiger charge is 2.29. The van der Waals surface area contributed by atoms with Crippen molar-refractivity contribution in [3.05, 3.63) is 35.9 Å². The molecule has 3 N–H and O–H groups in total. The Hall–Kier alpha value is -2.08. The molecule has 1 rings (SSSR count). The van der Waals surface area contributed by atoms with E-state index in [1.807, 2.05) is 30.3 Å². The number of amides is 2. The summed E-state index contributed by atoms with van der Waals surface area (Å²) in [5, 5.41) is 15.1. The molecule has 1 aromatic carbocycles. The second-order valence-corrected chi connectivity index (χ2v) is 6.00. The largest absolute Gasteiger partial charge is 0.444 e. The highest BCUT2D eigenvalue weighted by atomic mass is 16.6. The van der Waals surface area contributed by atoms with Gasteiger partial charge in [-0.1, -0.05) is 30.3 Å². The summed E-state index contributed by atoms with van der Waals surface area (Å²) in [6, 6.07) is 8.16.